The van der Waals surface area contributed by atoms with E-state index in [1.54, 1.807) is 0 Å². The maximum atomic E-state index is 13.3. The average molecular weight is 452 g/mol. The fraction of sp³-hybridized carbons (Fsp3) is 1.00. The third kappa shape index (κ3) is 3.05. The second-order valence-electron chi connectivity index (χ2n) is 4.31. The molecule has 0 nitrogen and oxygen atoms in total. The molecule has 0 fully saturated rings. The molecule has 0 heterocycles. The number of halogens is 12. The van der Waals surface area contributed by atoms with E-state index in [-0.39, 0.29) is 0 Å². The lowest BCUT2D eigenvalue weighted by molar-refractivity contribution is -0.426. The lowest BCUT2D eigenvalue weighted by atomic mass is 9.89. The Labute approximate surface area is 125 Å². The summed E-state index contributed by atoms with van der Waals surface area (Å²) in [6, 6.07) is 0. The van der Waals surface area contributed by atoms with Crippen molar-refractivity contribution in [3.63, 3.8) is 0 Å². The van der Waals surface area contributed by atoms with Crippen LogP contribution in [0.3, 0.4) is 0 Å². The summed E-state index contributed by atoms with van der Waals surface area (Å²) < 4.78 is 138. The largest absolute Gasteiger partial charge is 0.460 e. The van der Waals surface area contributed by atoms with Crippen molar-refractivity contribution >= 4 is 22.6 Å². The molecule has 0 aliphatic heterocycles. The number of rotatable bonds is 5. The van der Waals surface area contributed by atoms with Crippen molar-refractivity contribution < 1.29 is 48.3 Å². The third-order valence-electron chi connectivity index (χ3n) is 2.82. The summed E-state index contributed by atoms with van der Waals surface area (Å²) in [5.74, 6) is -29.9. The SMILES string of the molecule is CC(I)C(C)C(F)(F)C(F)(F)C(F)(F)C(F)(F)C(F)(F)F. The van der Waals surface area contributed by atoms with E-state index in [1.807, 2.05) is 0 Å². The Balaban J connectivity index is 6.01. The van der Waals surface area contributed by atoms with Crippen LogP contribution in [0, 0.1) is 5.92 Å². The summed E-state index contributed by atoms with van der Waals surface area (Å²) in [5.41, 5.74) is 0. The molecule has 0 aliphatic rings. The molecule has 0 aromatic carbocycles. The molecule has 0 saturated carbocycles. The Hall–Kier alpha value is -0.0400. The highest BCUT2D eigenvalue weighted by atomic mass is 127. The second-order valence-corrected chi connectivity index (χ2v) is 6.27. The van der Waals surface area contributed by atoms with Gasteiger partial charge in [-0.2, -0.15) is 48.3 Å². The van der Waals surface area contributed by atoms with Gasteiger partial charge in [-0.15, -0.1) is 0 Å². The molecule has 0 bridgehead atoms. The summed E-state index contributed by atoms with van der Waals surface area (Å²) in [6.45, 7) is 1.22. The van der Waals surface area contributed by atoms with Gasteiger partial charge in [-0.1, -0.05) is 36.4 Å². The first-order valence-electron chi connectivity index (χ1n) is 5.07. The zero-order valence-corrected chi connectivity index (χ0v) is 12.3. The van der Waals surface area contributed by atoms with Gasteiger partial charge in [-0.05, 0) is 0 Å². The minimum atomic E-state index is -7.32. The van der Waals surface area contributed by atoms with Crippen LogP contribution >= 0.6 is 22.6 Å². The summed E-state index contributed by atoms with van der Waals surface area (Å²) in [4.78, 5) is 0. The van der Waals surface area contributed by atoms with Crippen LogP contribution in [0.2, 0.25) is 0 Å². The molecule has 2 atom stereocenters. The van der Waals surface area contributed by atoms with Gasteiger partial charge in [0.15, 0.2) is 0 Å². The van der Waals surface area contributed by atoms with Crippen molar-refractivity contribution in [1.29, 1.82) is 0 Å². The Morgan fingerprint density at radius 2 is 0.952 bits per heavy atom. The Kier molecular flexibility index (Phi) is 5.54. The van der Waals surface area contributed by atoms with Crippen LogP contribution in [0.4, 0.5) is 48.3 Å². The summed E-state index contributed by atoms with van der Waals surface area (Å²) >= 11 is 1.13. The highest BCUT2D eigenvalue weighted by molar-refractivity contribution is 14.1. The molecular formula is C9H8F11I. The zero-order valence-electron chi connectivity index (χ0n) is 10.2. The van der Waals surface area contributed by atoms with E-state index >= 15 is 0 Å². The lowest BCUT2D eigenvalue weighted by Gasteiger charge is -2.39. The van der Waals surface area contributed by atoms with E-state index in [9.17, 15) is 48.3 Å². The maximum Gasteiger partial charge on any atom is 0.460 e. The third-order valence-corrected chi connectivity index (χ3v) is 3.90. The topological polar surface area (TPSA) is 0 Å². The zero-order chi connectivity index (χ0) is 17.7. The molecule has 21 heavy (non-hydrogen) atoms. The van der Waals surface area contributed by atoms with E-state index in [1.165, 1.54) is 0 Å². The quantitative estimate of drug-likeness (QED) is 0.292. The van der Waals surface area contributed by atoms with E-state index in [0.717, 1.165) is 29.5 Å². The molecule has 0 saturated heterocycles. The van der Waals surface area contributed by atoms with Gasteiger partial charge in [0.05, 0.1) is 0 Å². The highest BCUT2D eigenvalue weighted by Crippen LogP contribution is 2.59. The van der Waals surface area contributed by atoms with E-state index in [0.29, 0.717) is 6.92 Å². The van der Waals surface area contributed by atoms with Gasteiger partial charge in [0.2, 0.25) is 0 Å². The number of hydrogen-bond acceptors (Lipinski definition) is 0. The summed E-state index contributed by atoms with van der Waals surface area (Å²) in [5, 5.41) is 0. The van der Waals surface area contributed by atoms with E-state index in [2.05, 4.69) is 0 Å². The summed E-state index contributed by atoms with van der Waals surface area (Å²) in [7, 11) is 0. The van der Waals surface area contributed by atoms with Crippen molar-refractivity contribution in [2.45, 2.75) is 47.6 Å². The molecule has 0 aliphatic carbocycles. The molecular weight excluding hydrogens is 444 g/mol. The van der Waals surface area contributed by atoms with Crippen LogP contribution < -0.4 is 0 Å². The van der Waals surface area contributed by atoms with Gasteiger partial charge in [0.25, 0.3) is 0 Å². The van der Waals surface area contributed by atoms with Crippen LogP contribution in [0.15, 0.2) is 0 Å². The molecule has 0 N–H and O–H groups in total. The first-order valence-corrected chi connectivity index (χ1v) is 6.32. The van der Waals surface area contributed by atoms with Gasteiger partial charge in [-0.3, -0.25) is 0 Å². The maximum absolute atomic E-state index is 13.3. The van der Waals surface area contributed by atoms with E-state index < -0.39 is 39.7 Å². The fourth-order valence-electron chi connectivity index (χ4n) is 1.16. The Bertz CT molecular complexity index is 370. The summed E-state index contributed by atoms with van der Waals surface area (Å²) in [6.07, 6.45) is -7.12. The predicted octanol–water partition coefficient (Wildman–Crippen LogP) is 5.55. The van der Waals surface area contributed by atoms with Gasteiger partial charge < -0.3 is 0 Å². The van der Waals surface area contributed by atoms with Gasteiger partial charge in [0, 0.05) is 9.84 Å². The number of alkyl halides is 12. The van der Waals surface area contributed by atoms with Crippen LogP contribution in [0.5, 0.6) is 0 Å². The van der Waals surface area contributed by atoms with Crippen LogP contribution in [0.25, 0.3) is 0 Å². The first kappa shape index (κ1) is 21.0. The molecule has 128 valence electrons. The fourth-order valence-corrected chi connectivity index (χ4v) is 1.61. The molecule has 0 aromatic heterocycles. The molecule has 0 aromatic rings. The van der Waals surface area contributed by atoms with E-state index in [4.69, 9.17) is 0 Å². The monoisotopic (exact) mass is 452 g/mol. The van der Waals surface area contributed by atoms with Crippen molar-refractivity contribution in [3.05, 3.63) is 0 Å². The lowest BCUT2D eigenvalue weighted by Crippen LogP contribution is -2.68. The highest BCUT2D eigenvalue weighted by Gasteiger charge is 2.87. The standard InChI is InChI=1S/C9H8F11I/c1-3(4(2)21)5(10,11)6(12,13)7(14,15)8(16,17)9(18,19)20/h3-4H,1-2H3. The van der Waals surface area contributed by atoms with Crippen LogP contribution in [-0.4, -0.2) is 33.8 Å². The Morgan fingerprint density at radius 3 is 1.19 bits per heavy atom. The van der Waals surface area contributed by atoms with Crippen molar-refractivity contribution in [2.24, 2.45) is 5.92 Å². The molecule has 12 heteroatoms. The molecule has 0 radical (unpaired) electrons. The van der Waals surface area contributed by atoms with Gasteiger partial charge >= 0.3 is 29.9 Å². The predicted molar refractivity (Wildman–Crippen MR) is 58.5 cm³/mol. The van der Waals surface area contributed by atoms with Crippen molar-refractivity contribution in [2.75, 3.05) is 0 Å². The molecule has 0 amide bonds. The van der Waals surface area contributed by atoms with Crippen LogP contribution in [-0.2, 0) is 0 Å². The molecule has 0 spiro atoms. The van der Waals surface area contributed by atoms with Crippen LogP contribution in [0.1, 0.15) is 13.8 Å². The normalized spacial score (nSPS) is 18.6. The molecule has 2 unspecified atom stereocenters. The van der Waals surface area contributed by atoms with Gasteiger partial charge in [-0.25, -0.2) is 0 Å². The average Bonchev–Trinajstić information content (AvgIpc) is 2.25. The smallest absolute Gasteiger partial charge is 0.199 e. The van der Waals surface area contributed by atoms with Crippen molar-refractivity contribution in [3.8, 4) is 0 Å². The minimum absolute atomic E-state index is 0.340. The second kappa shape index (κ2) is 5.55. The minimum Gasteiger partial charge on any atom is -0.199 e. The Morgan fingerprint density at radius 1 is 0.619 bits per heavy atom. The molecule has 0 rings (SSSR count). The number of hydrogen-bond donors (Lipinski definition) is 0. The first-order chi connectivity index (χ1) is 8.85. The van der Waals surface area contributed by atoms with Crippen molar-refractivity contribution in [1.82, 2.24) is 0 Å². The van der Waals surface area contributed by atoms with Gasteiger partial charge in [0.1, 0.15) is 0 Å².